The van der Waals surface area contributed by atoms with Crippen molar-refractivity contribution in [1.29, 1.82) is 0 Å². The summed E-state index contributed by atoms with van der Waals surface area (Å²) in [5.41, 5.74) is 4.43. The lowest BCUT2D eigenvalue weighted by Crippen LogP contribution is -2.21. The Labute approximate surface area is 108 Å². The third kappa shape index (κ3) is 1.53. The molecule has 3 heteroatoms. The van der Waals surface area contributed by atoms with Crippen LogP contribution in [0.3, 0.4) is 0 Å². The van der Waals surface area contributed by atoms with Crippen molar-refractivity contribution < 1.29 is 4.74 Å². The second kappa shape index (κ2) is 4.16. The molecule has 2 atom stereocenters. The van der Waals surface area contributed by atoms with E-state index >= 15 is 0 Å². The fourth-order valence-electron chi connectivity index (χ4n) is 3.78. The average molecular weight is 244 g/mol. The maximum absolute atomic E-state index is 5.82. The molecule has 3 heterocycles. The van der Waals surface area contributed by atoms with E-state index in [4.69, 9.17) is 4.74 Å². The average Bonchev–Trinajstić information content (AvgIpc) is 2.61. The first-order valence-corrected chi connectivity index (χ1v) is 7.19. The summed E-state index contributed by atoms with van der Waals surface area (Å²) in [6.07, 6.45) is 4.84. The molecule has 1 aromatic rings. The van der Waals surface area contributed by atoms with Gasteiger partial charge in [0.05, 0.1) is 6.61 Å². The third-order valence-corrected chi connectivity index (χ3v) is 4.60. The summed E-state index contributed by atoms with van der Waals surface area (Å²) in [5, 5.41) is 7.25. The van der Waals surface area contributed by atoms with Gasteiger partial charge in [0.15, 0.2) is 0 Å². The lowest BCUT2D eigenvalue weighted by Gasteiger charge is -2.23. The molecule has 3 aliphatic rings. The van der Waals surface area contributed by atoms with Gasteiger partial charge in [-0.05, 0) is 62.0 Å². The van der Waals surface area contributed by atoms with Gasteiger partial charge >= 0.3 is 0 Å². The van der Waals surface area contributed by atoms with Gasteiger partial charge in [-0.1, -0.05) is 0 Å². The maximum Gasteiger partial charge on any atom is 0.122 e. The standard InChI is InChI=1S/C15H20N2O/c1-2-11-14(18-9-1)4-3-13-15(11)10-5-7-16-8-6-12(10)17-13/h3-4,10,12,16-17H,1-2,5-9H2. The molecule has 0 amide bonds. The Morgan fingerprint density at radius 2 is 2.11 bits per heavy atom. The molecule has 3 nitrogen and oxygen atoms in total. The van der Waals surface area contributed by atoms with Crippen LogP contribution in [0.2, 0.25) is 0 Å². The van der Waals surface area contributed by atoms with Gasteiger partial charge < -0.3 is 15.4 Å². The van der Waals surface area contributed by atoms with Crippen molar-refractivity contribution in [3.8, 4) is 5.75 Å². The van der Waals surface area contributed by atoms with Crippen molar-refractivity contribution in [3.05, 3.63) is 23.3 Å². The lowest BCUT2D eigenvalue weighted by molar-refractivity contribution is 0.287. The van der Waals surface area contributed by atoms with Crippen LogP contribution in [0.4, 0.5) is 5.69 Å². The first kappa shape index (κ1) is 10.7. The van der Waals surface area contributed by atoms with E-state index in [-0.39, 0.29) is 0 Å². The van der Waals surface area contributed by atoms with Crippen LogP contribution in [0, 0.1) is 0 Å². The van der Waals surface area contributed by atoms with Crippen molar-refractivity contribution in [3.63, 3.8) is 0 Å². The van der Waals surface area contributed by atoms with Crippen LogP contribution in [0.5, 0.6) is 5.75 Å². The van der Waals surface area contributed by atoms with Crippen LogP contribution < -0.4 is 15.4 Å². The van der Waals surface area contributed by atoms with Crippen molar-refractivity contribution in [1.82, 2.24) is 5.32 Å². The lowest BCUT2D eigenvalue weighted by atomic mass is 9.86. The minimum atomic E-state index is 0.628. The summed E-state index contributed by atoms with van der Waals surface area (Å²) in [6, 6.07) is 5.01. The highest BCUT2D eigenvalue weighted by Gasteiger charge is 2.36. The van der Waals surface area contributed by atoms with Gasteiger partial charge in [0, 0.05) is 17.6 Å². The van der Waals surface area contributed by atoms with E-state index in [0.29, 0.717) is 12.0 Å². The van der Waals surface area contributed by atoms with Crippen molar-refractivity contribution in [2.75, 3.05) is 25.0 Å². The van der Waals surface area contributed by atoms with Gasteiger partial charge in [-0.3, -0.25) is 0 Å². The molecule has 18 heavy (non-hydrogen) atoms. The van der Waals surface area contributed by atoms with Crippen LogP contribution >= 0.6 is 0 Å². The zero-order valence-electron chi connectivity index (χ0n) is 10.7. The molecule has 1 fully saturated rings. The summed E-state index contributed by atoms with van der Waals surface area (Å²) in [4.78, 5) is 0. The summed E-state index contributed by atoms with van der Waals surface area (Å²) >= 11 is 0. The number of nitrogens with one attached hydrogen (secondary N) is 2. The molecule has 3 aliphatic heterocycles. The number of hydrogen-bond acceptors (Lipinski definition) is 3. The first-order chi connectivity index (χ1) is 8.93. The number of rotatable bonds is 0. The number of ether oxygens (including phenoxy) is 1. The number of hydrogen-bond donors (Lipinski definition) is 2. The molecule has 0 aliphatic carbocycles. The smallest absolute Gasteiger partial charge is 0.122 e. The van der Waals surface area contributed by atoms with E-state index in [1.54, 1.807) is 5.56 Å². The fourth-order valence-corrected chi connectivity index (χ4v) is 3.78. The quantitative estimate of drug-likeness (QED) is 0.734. The Hall–Kier alpha value is -1.22. The highest BCUT2D eigenvalue weighted by molar-refractivity contribution is 5.66. The van der Waals surface area contributed by atoms with Gasteiger partial charge in [0.2, 0.25) is 0 Å². The minimum absolute atomic E-state index is 0.628. The summed E-state index contributed by atoms with van der Waals surface area (Å²) in [7, 11) is 0. The topological polar surface area (TPSA) is 33.3 Å². The van der Waals surface area contributed by atoms with Crippen LogP contribution in [0.25, 0.3) is 0 Å². The summed E-state index contributed by atoms with van der Waals surface area (Å²) in [6.45, 7) is 3.17. The molecule has 0 aromatic heterocycles. The molecule has 1 aromatic carbocycles. The Morgan fingerprint density at radius 3 is 3.11 bits per heavy atom. The second-order valence-electron chi connectivity index (χ2n) is 5.64. The number of benzene rings is 1. The monoisotopic (exact) mass is 244 g/mol. The highest BCUT2D eigenvalue weighted by atomic mass is 16.5. The molecule has 96 valence electrons. The van der Waals surface area contributed by atoms with Crippen molar-refractivity contribution in [2.24, 2.45) is 0 Å². The molecule has 0 saturated carbocycles. The summed E-state index contributed by atoms with van der Waals surface area (Å²) in [5.74, 6) is 1.83. The molecular weight excluding hydrogens is 224 g/mol. The Kier molecular flexibility index (Phi) is 2.47. The van der Waals surface area contributed by atoms with Crippen LogP contribution in [0.1, 0.15) is 36.3 Å². The van der Waals surface area contributed by atoms with Gasteiger partial charge in [-0.15, -0.1) is 0 Å². The second-order valence-corrected chi connectivity index (χ2v) is 5.64. The Balaban J connectivity index is 1.80. The van der Waals surface area contributed by atoms with E-state index in [2.05, 4.69) is 22.8 Å². The zero-order valence-corrected chi connectivity index (χ0v) is 10.7. The van der Waals surface area contributed by atoms with E-state index in [9.17, 15) is 0 Å². The van der Waals surface area contributed by atoms with Crippen LogP contribution in [-0.2, 0) is 6.42 Å². The van der Waals surface area contributed by atoms with Gasteiger partial charge in [-0.25, -0.2) is 0 Å². The van der Waals surface area contributed by atoms with Crippen molar-refractivity contribution >= 4 is 5.69 Å². The largest absolute Gasteiger partial charge is 0.493 e. The molecular formula is C15H20N2O. The minimum Gasteiger partial charge on any atom is -0.493 e. The number of fused-ring (bicyclic) bond motifs is 5. The van der Waals surface area contributed by atoms with Crippen LogP contribution in [-0.4, -0.2) is 25.7 Å². The van der Waals surface area contributed by atoms with E-state index in [1.165, 1.54) is 36.9 Å². The highest BCUT2D eigenvalue weighted by Crippen LogP contribution is 2.46. The molecule has 2 N–H and O–H groups in total. The fraction of sp³-hybridized carbons (Fsp3) is 0.600. The number of anilines is 1. The Morgan fingerprint density at radius 1 is 1.17 bits per heavy atom. The van der Waals surface area contributed by atoms with E-state index in [1.807, 2.05) is 0 Å². The van der Waals surface area contributed by atoms with Gasteiger partial charge in [-0.2, -0.15) is 0 Å². The van der Waals surface area contributed by atoms with Crippen LogP contribution in [0.15, 0.2) is 12.1 Å². The van der Waals surface area contributed by atoms with Gasteiger partial charge in [0.1, 0.15) is 5.75 Å². The SMILES string of the molecule is c1cc2c(c3c1NC1CCNCCC31)CCCO2. The van der Waals surface area contributed by atoms with Crippen molar-refractivity contribution in [2.45, 2.75) is 37.6 Å². The predicted molar refractivity (Wildman–Crippen MR) is 72.5 cm³/mol. The zero-order chi connectivity index (χ0) is 11.9. The third-order valence-electron chi connectivity index (χ3n) is 4.60. The molecule has 2 unspecified atom stereocenters. The molecule has 0 radical (unpaired) electrons. The van der Waals surface area contributed by atoms with Gasteiger partial charge in [0.25, 0.3) is 0 Å². The van der Waals surface area contributed by atoms with E-state index in [0.717, 1.165) is 25.4 Å². The predicted octanol–water partition coefficient (Wildman–Crippen LogP) is 2.27. The molecule has 0 spiro atoms. The maximum atomic E-state index is 5.82. The first-order valence-electron chi connectivity index (χ1n) is 7.19. The van der Waals surface area contributed by atoms with E-state index < -0.39 is 0 Å². The molecule has 0 bridgehead atoms. The summed E-state index contributed by atoms with van der Waals surface area (Å²) < 4.78 is 5.82. The Bertz CT molecular complexity index is 472. The normalized spacial score (nSPS) is 29.3. The molecule has 1 saturated heterocycles. The molecule has 4 rings (SSSR count).